The van der Waals surface area contributed by atoms with E-state index >= 15 is 0 Å². The summed E-state index contributed by atoms with van der Waals surface area (Å²) >= 11 is 7.24. The molecule has 2 heterocycles. The first-order valence-electron chi connectivity index (χ1n) is 7.03. The average molecular weight is 358 g/mol. The van der Waals surface area contributed by atoms with Gasteiger partial charge in [0.2, 0.25) is 5.91 Å². The van der Waals surface area contributed by atoms with Gasteiger partial charge in [-0.15, -0.1) is 17.8 Å². The van der Waals surface area contributed by atoms with Gasteiger partial charge in [-0.05, 0) is 23.8 Å². The zero-order valence-corrected chi connectivity index (χ0v) is 14.0. The lowest BCUT2D eigenvalue weighted by Gasteiger charge is -2.04. The van der Waals surface area contributed by atoms with Crippen LogP contribution in [-0.2, 0) is 11.3 Å². The molecule has 0 saturated heterocycles. The molecule has 1 amide bonds. The van der Waals surface area contributed by atoms with E-state index in [0.29, 0.717) is 15.2 Å². The first kappa shape index (κ1) is 16.2. The number of halogens is 1. The van der Waals surface area contributed by atoms with Gasteiger partial charge in [0.15, 0.2) is 0 Å². The minimum atomic E-state index is -0.328. The fourth-order valence-electron chi connectivity index (χ4n) is 2.17. The summed E-state index contributed by atoms with van der Waals surface area (Å²) in [7, 11) is 0. The van der Waals surface area contributed by atoms with Crippen LogP contribution in [0.2, 0.25) is 5.02 Å². The molecule has 0 saturated carbocycles. The summed E-state index contributed by atoms with van der Waals surface area (Å²) in [5, 5.41) is 3.17. The lowest BCUT2D eigenvalue weighted by atomic mass is 10.2. The Hall–Kier alpha value is -2.62. The molecule has 7 heteroatoms. The fourth-order valence-corrected chi connectivity index (χ4v) is 3.37. The zero-order chi connectivity index (χ0) is 17.1. The molecule has 0 aliphatic heterocycles. The predicted molar refractivity (Wildman–Crippen MR) is 96.2 cm³/mol. The number of rotatable bonds is 4. The van der Waals surface area contributed by atoms with Gasteiger partial charge in [0, 0.05) is 9.90 Å². The molecule has 0 bridgehead atoms. The number of thiophene rings is 1. The second kappa shape index (κ2) is 6.87. The molecule has 0 radical (unpaired) electrons. The summed E-state index contributed by atoms with van der Waals surface area (Å²) in [4.78, 5) is 29.4. The van der Waals surface area contributed by atoms with Gasteiger partial charge < -0.3 is 5.32 Å². The highest BCUT2D eigenvalue weighted by molar-refractivity contribution is 7.22. The number of nitrogens with zero attached hydrogens (tertiary/aromatic N) is 2. The lowest BCUT2D eigenvalue weighted by Crippen LogP contribution is -2.32. The molecule has 0 aliphatic rings. The number of hydrogen-bond donors (Lipinski definition) is 1. The average Bonchev–Trinajstić information content (AvgIpc) is 3.01. The normalized spacial score (nSPS) is 10.5. The van der Waals surface area contributed by atoms with Gasteiger partial charge in [0.05, 0.1) is 18.4 Å². The van der Waals surface area contributed by atoms with Gasteiger partial charge in [-0.25, -0.2) is 4.98 Å². The summed E-state index contributed by atoms with van der Waals surface area (Å²) < 4.78 is 1.78. The predicted octanol–water partition coefficient (Wildman–Crippen LogP) is 2.53. The Morgan fingerprint density at radius 2 is 2.12 bits per heavy atom. The number of terminal acetylenes is 1. The van der Waals surface area contributed by atoms with Crippen LogP contribution in [0.1, 0.15) is 0 Å². The first-order valence-corrected chi connectivity index (χ1v) is 8.23. The molecule has 1 N–H and O–H groups in total. The van der Waals surface area contributed by atoms with Crippen molar-refractivity contribution >= 4 is 39.1 Å². The Morgan fingerprint density at radius 1 is 1.38 bits per heavy atom. The minimum Gasteiger partial charge on any atom is -0.344 e. The fraction of sp³-hybridized carbons (Fsp3) is 0.118. The van der Waals surface area contributed by atoms with E-state index in [-0.39, 0.29) is 24.6 Å². The maximum Gasteiger partial charge on any atom is 0.271 e. The third kappa shape index (κ3) is 3.32. The summed E-state index contributed by atoms with van der Waals surface area (Å²) in [5.74, 6) is 1.98. The molecule has 2 aromatic heterocycles. The summed E-state index contributed by atoms with van der Waals surface area (Å²) in [6.07, 6.45) is 6.46. The van der Waals surface area contributed by atoms with Crippen LogP contribution in [-0.4, -0.2) is 22.0 Å². The van der Waals surface area contributed by atoms with Crippen LogP contribution < -0.4 is 10.9 Å². The number of hydrogen-bond acceptors (Lipinski definition) is 4. The van der Waals surface area contributed by atoms with Gasteiger partial charge in [0.1, 0.15) is 11.2 Å². The number of nitrogens with one attached hydrogen (secondary N) is 1. The van der Waals surface area contributed by atoms with E-state index in [2.05, 4.69) is 16.2 Å². The molecule has 5 nitrogen and oxygen atoms in total. The Morgan fingerprint density at radius 3 is 2.83 bits per heavy atom. The number of fused-ring (bicyclic) bond motifs is 1. The summed E-state index contributed by atoms with van der Waals surface area (Å²) in [6.45, 7) is 0.0145. The second-order valence-electron chi connectivity index (χ2n) is 4.99. The topological polar surface area (TPSA) is 64.0 Å². The molecule has 24 heavy (non-hydrogen) atoms. The third-order valence-electron chi connectivity index (χ3n) is 3.33. The molecule has 120 valence electrons. The van der Waals surface area contributed by atoms with E-state index in [0.717, 1.165) is 10.4 Å². The molecule has 0 unspecified atom stereocenters. The smallest absolute Gasteiger partial charge is 0.271 e. The van der Waals surface area contributed by atoms with Crippen molar-refractivity contribution in [1.82, 2.24) is 14.9 Å². The number of carbonyl (C=O) groups is 1. The van der Waals surface area contributed by atoms with Crippen molar-refractivity contribution in [3.05, 3.63) is 52.0 Å². The standard InChI is InChI=1S/C17H12ClN3O2S/c1-2-7-19-15(22)9-21-10-20-13-8-14(24-16(13)17(21)23)11-3-5-12(18)6-4-11/h1,3-6,8,10H,7,9H2,(H,19,22). The quantitative estimate of drug-likeness (QED) is 0.730. The maximum absolute atomic E-state index is 12.5. The molecule has 0 fully saturated rings. The van der Waals surface area contributed by atoms with E-state index in [1.54, 1.807) is 12.1 Å². The van der Waals surface area contributed by atoms with Crippen molar-refractivity contribution in [2.24, 2.45) is 0 Å². The molecule has 0 aliphatic carbocycles. The lowest BCUT2D eigenvalue weighted by molar-refractivity contribution is -0.121. The Bertz CT molecular complexity index is 999. The van der Waals surface area contributed by atoms with Crippen LogP contribution in [0, 0.1) is 12.3 Å². The van der Waals surface area contributed by atoms with Gasteiger partial charge >= 0.3 is 0 Å². The first-order chi connectivity index (χ1) is 11.6. The van der Waals surface area contributed by atoms with Crippen LogP contribution in [0.5, 0.6) is 0 Å². The summed E-state index contributed by atoms with van der Waals surface area (Å²) in [6, 6.07) is 9.22. The number of benzene rings is 1. The van der Waals surface area contributed by atoms with Crippen LogP contribution >= 0.6 is 22.9 Å². The highest BCUT2D eigenvalue weighted by Crippen LogP contribution is 2.31. The Kier molecular flexibility index (Phi) is 4.65. The molecular formula is C17H12ClN3O2S. The molecule has 0 atom stereocenters. The van der Waals surface area contributed by atoms with Crippen molar-refractivity contribution in [3.8, 4) is 22.8 Å². The van der Waals surface area contributed by atoms with Gasteiger partial charge in [0.25, 0.3) is 5.56 Å². The van der Waals surface area contributed by atoms with Crippen LogP contribution in [0.15, 0.2) is 41.5 Å². The van der Waals surface area contributed by atoms with E-state index in [4.69, 9.17) is 18.0 Å². The van der Waals surface area contributed by atoms with Crippen molar-refractivity contribution in [2.75, 3.05) is 6.54 Å². The van der Waals surface area contributed by atoms with Crippen molar-refractivity contribution in [1.29, 1.82) is 0 Å². The number of carbonyl (C=O) groups excluding carboxylic acids is 1. The molecule has 0 spiro atoms. The SMILES string of the molecule is C#CCNC(=O)Cn1cnc2cc(-c3ccc(Cl)cc3)sc2c1=O. The minimum absolute atomic E-state index is 0.113. The van der Waals surface area contributed by atoms with E-state index in [1.165, 1.54) is 22.2 Å². The van der Waals surface area contributed by atoms with E-state index in [9.17, 15) is 9.59 Å². The van der Waals surface area contributed by atoms with Crippen LogP contribution in [0.25, 0.3) is 20.7 Å². The molecular weight excluding hydrogens is 346 g/mol. The zero-order valence-electron chi connectivity index (χ0n) is 12.5. The van der Waals surface area contributed by atoms with Crippen molar-refractivity contribution < 1.29 is 4.79 Å². The monoisotopic (exact) mass is 357 g/mol. The van der Waals surface area contributed by atoms with Crippen molar-refractivity contribution in [2.45, 2.75) is 6.54 Å². The van der Waals surface area contributed by atoms with E-state index < -0.39 is 0 Å². The van der Waals surface area contributed by atoms with E-state index in [1.807, 2.05) is 18.2 Å². The number of aromatic nitrogens is 2. The molecule has 1 aromatic carbocycles. The van der Waals surface area contributed by atoms with Crippen LogP contribution in [0.3, 0.4) is 0 Å². The molecule has 3 aromatic rings. The highest BCUT2D eigenvalue weighted by atomic mass is 35.5. The van der Waals surface area contributed by atoms with Gasteiger partial charge in [-0.3, -0.25) is 14.2 Å². The highest BCUT2D eigenvalue weighted by Gasteiger charge is 2.12. The number of amides is 1. The second-order valence-corrected chi connectivity index (χ2v) is 6.48. The maximum atomic E-state index is 12.5. The molecule has 3 rings (SSSR count). The van der Waals surface area contributed by atoms with Gasteiger partial charge in [-0.2, -0.15) is 0 Å². The third-order valence-corrected chi connectivity index (χ3v) is 4.75. The van der Waals surface area contributed by atoms with Crippen molar-refractivity contribution in [3.63, 3.8) is 0 Å². The summed E-state index contributed by atoms with van der Waals surface area (Å²) in [5.41, 5.74) is 1.32. The van der Waals surface area contributed by atoms with Crippen LogP contribution in [0.4, 0.5) is 0 Å². The largest absolute Gasteiger partial charge is 0.344 e. The Balaban J connectivity index is 1.95. The van der Waals surface area contributed by atoms with Gasteiger partial charge in [-0.1, -0.05) is 29.7 Å². The Labute approximate surface area is 146 Å².